The number of aromatic nitrogens is 3. The summed E-state index contributed by atoms with van der Waals surface area (Å²) < 4.78 is 4.57. The van der Waals surface area contributed by atoms with Crippen LogP contribution in [0.4, 0.5) is 0 Å². The Hall–Kier alpha value is -5.66. The number of nitrogens with zero attached hydrogens (tertiary/aromatic N) is 4. The Bertz CT molecular complexity index is 2430. The van der Waals surface area contributed by atoms with E-state index in [0.29, 0.717) is 5.56 Å². The van der Waals surface area contributed by atoms with Crippen LogP contribution < -0.4 is 0 Å². The molecule has 0 aliphatic rings. The summed E-state index contributed by atoms with van der Waals surface area (Å²) in [5.41, 5.74) is 11.3. The molecule has 3 aromatic heterocycles. The minimum Gasteiger partial charge on any atom is -0.308 e. The first-order chi connectivity index (χ1) is 23.0. The third-order valence-corrected chi connectivity index (χ3v) is 9.78. The van der Waals surface area contributed by atoms with Crippen LogP contribution in [0.2, 0.25) is 0 Å². The molecule has 0 radical (unpaired) electrons. The first-order valence-corrected chi connectivity index (χ1v) is 16.6. The highest BCUT2D eigenvalue weighted by molar-refractivity contribution is 6.11. The number of hydrogen-bond acceptors (Lipinski definition) is 2. The standard InChI is InChI=1S/C44H38N4/c1-43(2,3)30-15-17-39-34(25-30)32-11-7-9-13-37(32)47(39)41-23-29(28-19-21-46-22-20-28)24-42(36(41)27-45)48-38-14-10-8-12-33(38)35-26-31(44(4,5)6)16-18-40(35)48/h7-26H,1-6H3. The quantitative estimate of drug-likeness (QED) is 0.197. The van der Waals surface area contributed by atoms with Crippen molar-refractivity contribution in [2.24, 2.45) is 0 Å². The van der Waals surface area contributed by atoms with Gasteiger partial charge in [-0.05, 0) is 93.7 Å². The zero-order valence-electron chi connectivity index (χ0n) is 28.3. The van der Waals surface area contributed by atoms with Crippen LogP contribution in [0, 0.1) is 11.3 Å². The largest absolute Gasteiger partial charge is 0.308 e. The van der Waals surface area contributed by atoms with Crippen molar-refractivity contribution in [3.8, 4) is 28.6 Å². The Labute approximate surface area is 281 Å². The smallest absolute Gasteiger partial charge is 0.104 e. The molecule has 48 heavy (non-hydrogen) atoms. The fourth-order valence-corrected chi connectivity index (χ4v) is 7.19. The average molecular weight is 623 g/mol. The SMILES string of the molecule is CC(C)(C)c1ccc2c(c1)c1ccccc1n2-c1cc(-c2ccncc2)cc(-n2c3ccccc3c3cc(C(C)(C)C)ccc32)c1C#N. The summed E-state index contributed by atoms with van der Waals surface area (Å²) in [6.45, 7) is 13.5. The van der Waals surface area contributed by atoms with Gasteiger partial charge in [0.25, 0.3) is 0 Å². The molecule has 5 aromatic carbocycles. The van der Waals surface area contributed by atoms with Gasteiger partial charge in [0.1, 0.15) is 11.6 Å². The van der Waals surface area contributed by atoms with Gasteiger partial charge in [0.2, 0.25) is 0 Å². The lowest BCUT2D eigenvalue weighted by Crippen LogP contribution is -2.10. The van der Waals surface area contributed by atoms with Crippen LogP contribution in [0.3, 0.4) is 0 Å². The zero-order chi connectivity index (χ0) is 33.4. The predicted molar refractivity (Wildman–Crippen MR) is 200 cm³/mol. The van der Waals surface area contributed by atoms with Crippen molar-refractivity contribution in [3.05, 3.63) is 138 Å². The molecular weight excluding hydrogens is 585 g/mol. The lowest BCUT2D eigenvalue weighted by molar-refractivity contribution is 0.591. The highest BCUT2D eigenvalue weighted by Gasteiger charge is 2.24. The summed E-state index contributed by atoms with van der Waals surface area (Å²) in [4.78, 5) is 4.31. The van der Waals surface area contributed by atoms with E-state index in [-0.39, 0.29) is 10.8 Å². The molecule has 0 spiro atoms. The normalized spacial score (nSPS) is 12.4. The molecular formula is C44H38N4. The van der Waals surface area contributed by atoms with Gasteiger partial charge in [-0.25, -0.2) is 0 Å². The van der Waals surface area contributed by atoms with Crippen molar-refractivity contribution >= 4 is 43.6 Å². The van der Waals surface area contributed by atoms with Crippen molar-refractivity contribution in [3.63, 3.8) is 0 Å². The van der Waals surface area contributed by atoms with Gasteiger partial charge in [-0.2, -0.15) is 5.26 Å². The highest BCUT2D eigenvalue weighted by atomic mass is 15.0. The summed E-state index contributed by atoms with van der Waals surface area (Å²) >= 11 is 0. The Balaban J connectivity index is 1.53. The number of pyridine rings is 1. The molecule has 0 amide bonds. The zero-order valence-corrected chi connectivity index (χ0v) is 28.3. The van der Waals surface area contributed by atoms with Crippen LogP contribution in [0.1, 0.15) is 58.2 Å². The highest BCUT2D eigenvalue weighted by Crippen LogP contribution is 2.41. The molecule has 0 saturated heterocycles. The molecule has 0 N–H and O–H groups in total. The lowest BCUT2D eigenvalue weighted by atomic mass is 9.86. The van der Waals surface area contributed by atoms with Gasteiger partial charge in [-0.3, -0.25) is 4.98 Å². The van der Waals surface area contributed by atoms with Gasteiger partial charge in [-0.1, -0.05) is 90.1 Å². The number of nitriles is 1. The Kier molecular flexibility index (Phi) is 6.62. The van der Waals surface area contributed by atoms with Crippen molar-refractivity contribution in [1.82, 2.24) is 14.1 Å². The first kappa shape index (κ1) is 29.7. The van der Waals surface area contributed by atoms with Gasteiger partial charge in [-0.15, -0.1) is 0 Å². The molecule has 4 heteroatoms. The molecule has 8 rings (SSSR count). The van der Waals surface area contributed by atoms with E-state index in [1.165, 1.54) is 32.7 Å². The maximum absolute atomic E-state index is 11.2. The minimum absolute atomic E-state index is 0.00697. The van der Waals surface area contributed by atoms with Crippen molar-refractivity contribution in [2.75, 3.05) is 0 Å². The number of para-hydroxylation sites is 2. The molecule has 0 aliphatic carbocycles. The molecule has 234 valence electrons. The van der Waals surface area contributed by atoms with Crippen LogP contribution >= 0.6 is 0 Å². The molecule has 0 atom stereocenters. The van der Waals surface area contributed by atoms with Crippen LogP contribution in [0.25, 0.3) is 66.1 Å². The van der Waals surface area contributed by atoms with Gasteiger partial charge < -0.3 is 9.13 Å². The second-order valence-corrected chi connectivity index (χ2v) is 14.9. The molecule has 4 nitrogen and oxygen atoms in total. The predicted octanol–water partition coefficient (Wildman–Crippen LogP) is 11.4. The second-order valence-electron chi connectivity index (χ2n) is 14.9. The molecule has 0 fully saturated rings. The average Bonchev–Trinajstić information content (AvgIpc) is 3.59. The van der Waals surface area contributed by atoms with Crippen LogP contribution in [0.15, 0.2) is 122 Å². The fourth-order valence-electron chi connectivity index (χ4n) is 7.19. The monoisotopic (exact) mass is 622 g/mol. The fraction of sp³-hybridized carbons (Fsp3) is 0.182. The van der Waals surface area contributed by atoms with E-state index in [0.717, 1.165) is 44.6 Å². The van der Waals surface area contributed by atoms with E-state index in [1.807, 2.05) is 24.5 Å². The molecule has 0 bridgehead atoms. The van der Waals surface area contributed by atoms with Gasteiger partial charge in [0, 0.05) is 33.9 Å². The number of hydrogen-bond donors (Lipinski definition) is 0. The molecule has 3 heterocycles. The minimum atomic E-state index is 0.00697. The summed E-state index contributed by atoms with van der Waals surface area (Å²) in [6, 6.07) is 41.8. The van der Waals surface area contributed by atoms with E-state index in [1.54, 1.807) is 0 Å². The van der Waals surface area contributed by atoms with E-state index < -0.39 is 0 Å². The van der Waals surface area contributed by atoms with E-state index >= 15 is 0 Å². The van der Waals surface area contributed by atoms with Crippen molar-refractivity contribution in [1.29, 1.82) is 5.26 Å². The van der Waals surface area contributed by atoms with Crippen molar-refractivity contribution in [2.45, 2.75) is 52.4 Å². The molecule has 8 aromatic rings. The number of benzene rings is 5. The van der Waals surface area contributed by atoms with Crippen LogP contribution in [0.5, 0.6) is 0 Å². The second kappa shape index (κ2) is 10.7. The maximum Gasteiger partial charge on any atom is 0.104 e. The summed E-state index contributed by atoms with van der Waals surface area (Å²) in [5.74, 6) is 0. The Morgan fingerprint density at radius 1 is 0.500 bits per heavy atom. The van der Waals surface area contributed by atoms with Gasteiger partial charge in [0.05, 0.1) is 33.4 Å². The number of fused-ring (bicyclic) bond motifs is 6. The Morgan fingerprint density at radius 2 is 0.938 bits per heavy atom. The van der Waals surface area contributed by atoms with Crippen LogP contribution in [-0.2, 0) is 10.8 Å². The summed E-state index contributed by atoms with van der Waals surface area (Å²) in [5, 5.41) is 15.9. The molecule has 0 aliphatic heterocycles. The third kappa shape index (κ3) is 4.61. The first-order valence-electron chi connectivity index (χ1n) is 16.6. The topological polar surface area (TPSA) is 46.5 Å². The summed E-state index contributed by atoms with van der Waals surface area (Å²) in [7, 11) is 0. The van der Waals surface area contributed by atoms with Gasteiger partial charge in [0.15, 0.2) is 0 Å². The van der Waals surface area contributed by atoms with E-state index in [4.69, 9.17) is 0 Å². The van der Waals surface area contributed by atoms with Crippen LogP contribution in [-0.4, -0.2) is 14.1 Å². The van der Waals surface area contributed by atoms with Crippen molar-refractivity contribution < 1.29 is 0 Å². The number of rotatable bonds is 3. The molecule has 0 saturated carbocycles. The Morgan fingerprint density at radius 3 is 1.38 bits per heavy atom. The lowest BCUT2D eigenvalue weighted by Gasteiger charge is -2.20. The summed E-state index contributed by atoms with van der Waals surface area (Å²) in [6.07, 6.45) is 3.66. The molecule has 0 unspecified atom stereocenters. The van der Waals surface area contributed by atoms with E-state index in [2.05, 4.69) is 159 Å². The van der Waals surface area contributed by atoms with E-state index in [9.17, 15) is 5.26 Å². The third-order valence-electron chi connectivity index (χ3n) is 9.78. The van der Waals surface area contributed by atoms with Gasteiger partial charge >= 0.3 is 0 Å². The maximum atomic E-state index is 11.2.